The van der Waals surface area contributed by atoms with E-state index >= 15 is 0 Å². The molecule has 0 spiro atoms. The number of halogens is 1. The van der Waals surface area contributed by atoms with E-state index in [1.165, 1.54) is 11.1 Å². The molecule has 0 saturated carbocycles. The lowest BCUT2D eigenvalue weighted by Gasteiger charge is -1.93. The molecule has 2 heteroatoms. The molecule has 1 aromatic carbocycles. The zero-order valence-corrected chi connectivity index (χ0v) is 7.43. The summed E-state index contributed by atoms with van der Waals surface area (Å²) < 4.78 is 0. The molecular weight excluding hydrogens is 160 g/mol. The summed E-state index contributed by atoms with van der Waals surface area (Å²) in [6, 6.07) is 8.36. The van der Waals surface area contributed by atoms with Gasteiger partial charge in [-0.05, 0) is 36.6 Å². The van der Waals surface area contributed by atoms with Gasteiger partial charge in [-0.25, -0.2) is 0 Å². The Bertz CT molecular complexity index is 200. The van der Waals surface area contributed by atoms with Crippen molar-refractivity contribution in [2.45, 2.75) is 13.8 Å². The van der Waals surface area contributed by atoms with Crippen LogP contribution in [0.3, 0.4) is 0 Å². The first kappa shape index (κ1) is 10.2. The minimum atomic E-state index is 0.222. The van der Waals surface area contributed by atoms with Crippen molar-refractivity contribution in [2.75, 3.05) is 0 Å². The third-order valence-corrected chi connectivity index (χ3v) is 1.43. The number of carbonyl (C=O) groups excluding carboxylic acids is 1. The molecule has 11 heavy (non-hydrogen) atoms. The van der Waals surface area contributed by atoms with Crippen molar-refractivity contribution in [3.8, 4) is 0 Å². The van der Waals surface area contributed by atoms with E-state index in [1.54, 1.807) is 0 Å². The van der Waals surface area contributed by atoms with Crippen molar-refractivity contribution in [3.63, 3.8) is 0 Å². The molecule has 0 fully saturated rings. The highest BCUT2D eigenvalue weighted by molar-refractivity contribution is 6.54. The molecule has 0 atom stereocenters. The summed E-state index contributed by atoms with van der Waals surface area (Å²) >= 11 is 4.32. The van der Waals surface area contributed by atoms with Crippen LogP contribution in [0.1, 0.15) is 11.1 Å². The van der Waals surface area contributed by atoms with E-state index in [-0.39, 0.29) is 5.75 Å². The third kappa shape index (κ3) is 4.57. The second kappa shape index (κ2) is 5.93. The SMILES string of the molecule is Cc1ccccc1C.O=CCl. The maximum atomic E-state index is 8.57. The van der Waals surface area contributed by atoms with Crippen LogP contribution in [0.4, 0.5) is 0 Å². The fraction of sp³-hybridized carbons (Fsp3) is 0.222. The van der Waals surface area contributed by atoms with Crippen molar-refractivity contribution < 1.29 is 4.79 Å². The van der Waals surface area contributed by atoms with Gasteiger partial charge in [0.25, 0.3) is 0 Å². The average molecular weight is 171 g/mol. The quantitative estimate of drug-likeness (QED) is 0.432. The number of hydrogen-bond acceptors (Lipinski definition) is 1. The Morgan fingerprint density at radius 2 is 1.45 bits per heavy atom. The van der Waals surface area contributed by atoms with Gasteiger partial charge in [0.2, 0.25) is 5.75 Å². The van der Waals surface area contributed by atoms with Gasteiger partial charge in [0.05, 0.1) is 0 Å². The van der Waals surface area contributed by atoms with E-state index in [0.717, 1.165) is 0 Å². The lowest BCUT2D eigenvalue weighted by atomic mass is 10.1. The maximum absolute atomic E-state index is 8.57. The van der Waals surface area contributed by atoms with Crippen molar-refractivity contribution in [1.82, 2.24) is 0 Å². The van der Waals surface area contributed by atoms with E-state index < -0.39 is 0 Å². The first-order valence-corrected chi connectivity index (χ1v) is 3.72. The van der Waals surface area contributed by atoms with E-state index in [2.05, 4.69) is 49.7 Å². The Labute approximate surface area is 72.0 Å². The molecule has 0 unspecified atom stereocenters. The Kier molecular flexibility index (Phi) is 5.49. The molecule has 0 aromatic heterocycles. The summed E-state index contributed by atoms with van der Waals surface area (Å²) in [4.78, 5) is 8.57. The first-order valence-electron chi connectivity index (χ1n) is 3.28. The van der Waals surface area contributed by atoms with Gasteiger partial charge in [-0.1, -0.05) is 24.3 Å². The average Bonchev–Trinajstić information content (AvgIpc) is 1.97. The topological polar surface area (TPSA) is 17.1 Å². The van der Waals surface area contributed by atoms with Gasteiger partial charge in [0.15, 0.2) is 0 Å². The Morgan fingerprint density at radius 1 is 1.18 bits per heavy atom. The normalized spacial score (nSPS) is 7.91. The van der Waals surface area contributed by atoms with Gasteiger partial charge in [-0.3, -0.25) is 4.79 Å². The fourth-order valence-corrected chi connectivity index (χ4v) is 0.663. The summed E-state index contributed by atoms with van der Waals surface area (Å²) in [5, 5.41) is 0. The van der Waals surface area contributed by atoms with Crippen molar-refractivity contribution in [3.05, 3.63) is 35.4 Å². The van der Waals surface area contributed by atoms with Crippen LogP contribution >= 0.6 is 11.6 Å². The Hall–Kier alpha value is -0.820. The fourth-order valence-electron chi connectivity index (χ4n) is 0.663. The lowest BCUT2D eigenvalue weighted by Crippen LogP contribution is -1.74. The van der Waals surface area contributed by atoms with Crippen LogP contribution < -0.4 is 0 Å². The van der Waals surface area contributed by atoms with Crippen molar-refractivity contribution in [2.24, 2.45) is 0 Å². The van der Waals surface area contributed by atoms with Gasteiger partial charge in [0, 0.05) is 0 Å². The predicted octanol–water partition coefficient (Wildman–Crippen LogP) is 2.72. The summed E-state index contributed by atoms with van der Waals surface area (Å²) in [5.74, 6) is 0.222. The number of carbonyl (C=O) groups is 1. The molecule has 0 amide bonds. The molecular formula is C9H11ClO. The van der Waals surface area contributed by atoms with E-state index in [0.29, 0.717) is 0 Å². The summed E-state index contributed by atoms with van der Waals surface area (Å²) in [5.41, 5.74) is 2.74. The minimum absolute atomic E-state index is 0.222. The van der Waals surface area contributed by atoms with Crippen LogP contribution in [0, 0.1) is 13.8 Å². The first-order chi connectivity index (χ1) is 5.22. The largest absolute Gasteiger partial charge is 0.285 e. The summed E-state index contributed by atoms with van der Waals surface area (Å²) in [7, 11) is 0. The Balaban J connectivity index is 0.000000292. The van der Waals surface area contributed by atoms with E-state index in [4.69, 9.17) is 4.79 Å². The van der Waals surface area contributed by atoms with Crippen LogP contribution in [0.25, 0.3) is 0 Å². The summed E-state index contributed by atoms with van der Waals surface area (Å²) in [6.07, 6.45) is 0. The molecule has 1 rings (SSSR count). The zero-order valence-electron chi connectivity index (χ0n) is 6.67. The highest BCUT2D eigenvalue weighted by Crippen LogP contribution is 2.02. The highest BCUT2D eigenvalue weighted by atomic mass is 35.5. The monoisotopic (exact) mass is 170 g/mol. The molecule has 0 aliphatic carbocycles. The second-order valence-corrected chi connectivity index (χ2v) is 2.35. The molecule has 0 radical (unpaired) electrons. The second-order valence-electron chi connectivity index (χ2n) is 2.17. The van der Waals surface area contributed by atoms with Crippen molar-refractivity contribution >= 4 is 17.3 Å². The number of rotatable bonds is 0. The molecule has 0 heterocycles. The molecule has 0 aliphatic rings. The van der Waals surface area contributed by atoms with Gasteiger partial charge in [0.1, 0.15) is 0 Å². The third-order valence-electron chi connectivity index (χ3n) is 1.43. The van der Waals surface area contributed by atoms with Gasteiger partial charge < -0.3 is 0 Å². The molecule has 0 aliphatic heterocycles. The van der Waals surface area contributed by atoms with Gasteiger partial charge in [-0.15, -0.1) is 0 Å². The van der Waals surface area contributed by atoms with Crippen LogP contribution in [-0.2, 0) is 4.79 Å². The van der Waals surface area contributed by atoms with Crippen LogP contribution in [0.5, 0.6) is 0 Å². The van der Waals surface area contributed by atoms with Crippen molar-refractivity contribution in [1.29, 1.82) is 0 Å². The minimum Gasteiger partial charge on any atom is -0.285 e. The van der Waals surface area contributed by atoms with Crippen LogP contribution in [0.15, 0.2) is 24.3 Å². The number of benzene rings is 1. The highest BCUT2D eigenvalue weighted by Gasteiger charge is 1.83. The number of hydrogen-bond donors (Lipinski definition) is 0. The smallest absolute Gasteiger partial charge is 0.208 e. The zero-order chi connectivity index (χ0) is 8.69. The molecule has 1 nitrogen and oxygen atoms in total. The van der Waals surface area contributed by atoms with Gasteiger partial charge >= 0.3 is 0 Å². The molecule has 0 saturated heterocycles. The Morgan fingerprint density at radius 3 is 1.64 bits per heavy atom. The maximum Gasteiger partial charge on any atom is 0.208 e. The van der Waals surface area contributed by atoms with E-state index in [1.807, 2.05) is 0 Å². The molecule has 1 aromatic rings. The summed E-state index contributed by atoms with van der Waals surface area (Å²) in [6.45, 7) is 4.24. The lowest BCUT2D eigenvalue weighted by molar-refractivity contribution is 0.569. The predicted molar refractivity (Wildman–Crippen MR) is 48.5 cm³/mol. The standard InChI is InChI=1S/C8H10.CHClO/c1-7-5-3-4-6-8(7)2;2-1-3/h3-6H,1-2H3;1H. The molecule has 0 N–H and O–H groups in total. The van der Waals surface area contributed by atoms with E-state index in [9.17, 15) is 0 Å². The van der Waals surface area contributed by atoms with Crippen LogP contribution in [-0.4, -0.2) is 5.75 Å². The number of aryl methyl sites for hydroxylation is 2. The van der Waals surface area contributed by atoms with Gasteiger partial charge in [-0.2, -0.15) is 0 Å². The molecule has 60 valence electrons. The van der Waals surface area contributed by atoms with Crippen LogP contribution in [0.2, 0.25) is 0 Å². The molecule has 0 bridgehead atoms.